The maximum Gasteiger partial charge on any atom is 0.309 e. The predicted octanol–water partition coefficient (Wildman–Crippen LogP) is 1.29. The van der Waals surface area contributed by atoms with E-state index in [1.807, 2.05) is 6.92 Å². The van der Waals surface area contributed by atoms with Crippen molar-refractivity contribution in [2.45, 2.75) is 33.3 Å². The van der Waals surface area contributed by atoms with Crippen molar-refractivity contribution in [3.8, 4) is 0 Å². The van der Waals surface area contributed by atoms with Gasteiger partial charge in [-0.05, 0) is 19.3 Å². The number of carboxylic acid groups (broad SMARTS) is 1. The quantitative estimate of drug-likeness (QED) is 0.682. The Morgan fingerprint density at radius 2 is 2.14 bits per heavy atom. The van der Waals surface area contributed by atoms with Crippen LogP contribution in [0.3, 0.4) is 0 Å². The summed E-state index contributed by atoms with van der Waals surface area (Å²) in [7, 11) is 0. The third kappa shape index (κ3) is 2.05. The van der Waals surface area contributed by atoms with Crippen LogP contribution in [0.4, 0.5) is 0 Å². The SMILES string of the molecule is CC(C(=O)O)[C@H]1OC(=O)[C@H](C)C[C@@H]1C. The number of carboxylic acids is 1. The lowest BCUT2D eigenvalue weighted by Gasteiger charge is -2.34. The Morgan fingerprint density at radius 1 is 1.57 bits per heavy atom. The molecule has 1 fully saturated rings. The van der Waals surface area contributed by atoms with Gasteiger partial charge in [-0.2, -0.15) is 0 Å². The minimum Gasteiger partial charge on any atom is -0.481 e. The first-order chi connectivity index (χ1) is 6.43. The number of hydrogen-bond donors (Lipinski definition) is 1. The Kier molecular flexibility index (Phi) is 3.13. The van der Waals surface area contributed by atoms with Gasteiger partial charge in [-0.25, -0.2) is 0 Å². The maximum absolute atomic E-state index is 11.3. The number of carbonyl (C=O) groups excluding carboxylic acids is 1. The van der Waals surface area contributed by atoms with Crippen LogP contribution in [0.15, 0.2) is 0 Å². The molecule has 0 spiro atoms. The molecule has 0 aliphatic carbocycles. The van der Waals surface area contributed by atoms with Gasteiger partial charge in [0.05, 0.1) is 11.8 Å². The summed E-state index contributed by atoms with van der Waals surface area (Å²) in [5, 5.41) is 8.81. The number of ether oxygens (including phenoxy) is 1. The van der Waals surface area contributed by atoms with Crippen molar-refractivity contribution in [2.24, 2.45) is 17.8 Å². The van der Waals surface area contributed by atoms with Gasteiger partial charge in [0.25, 0.3) is 0 Å². The largest absolute Gasteiger partial charge is 0.481 e. The molecule has 0 amide bonds. The molecule has 0 radical (unpaired) electrons. The van der Waals surface area contributed by atoms with Crippen molar-refractivity contribution >= 4 is 11.9 Å². The minimum atomic E-state index is -0.913. The average molecular weight is 200 g/mol. The van der Waals surface area contributed by atoms with Crippen molar-refractivity contribution in [2.75, 3.05) is 0 Å². The fourth-order valence-corrected chi connectivity index (χ4v) is 1.89. The number of cyclic esters (lactones) is 1. The van der Waals surface area contributed by atoms with Gasteiger partial charge in [0.1, 0.15) is 6.10 Å². The molecule has 0 saturated carbocycles. The number of aliphatic carboxylic acids is 1. The zero-order valence-corrected chi connectivity index (χ0v) is 8.69. The van der Waals surface area contributed by atoms with Gasteiger partial charge in [0, 0.05) is 0 Å². The van der Waals surface area contributed by atoms with Crippen molar-refractivity contribution in [3.63, 3.8) is 0 Å². The molecule has 1 saturated heterocycles. The lowest BCUT2D eigenvalue weighted by molar-refractivity contribution is -0.172. The zero-order valence-electron chi connectivity index (χ0n) is 8.69. The standard InChI is InChI=1S/C10H16O4/c1-5-4-6(2)10(13)14-8(5)7(3)9(11)12/h5-8H,4H2,1-3H3,(H,11,12)/t5-,6+,7?,8-/m0/s1. The van der Waals surface area contributed by atoms with Crippen LogP contribution in [0.1, 0.15) is 27.2 Å². The molecule has 0 aromatic heterocycles. The van der Waals surface area contributed by atoms with Gasteiger partial charge in [-0.3, -0.25) is 9.59 Å². The van der Waals surface area contributed by atoms with Crippen LogP contribution in [0.2, 0.25) is 0 Å². The Balaban J connectivity index is 2.70. The Labute approximate surface area is 83.2 Å². The Morgan fingerprint density at radius 3 is 2.64 bits per heavy atom. The van der Waals surface area contributed by atoms with Crippen molar-refractivity contribution < 1.29 is 19.4 Å². The highest BCUT2D eigenvalue weighted by molar-refractivity contribution is 5.75. The molecule has 0 aromatic carbocycles. The highest BCUT2D eigenvalue weighted by Gasteiger charge is 2.38. The first-order valence-electron chi connectivity index (χ1n) is 4.86. The first kappa shape index (κ1) is 11.0. The van der Waals surface area contributed by atoms with Crippen LogP contribution in [-0.4, -0.2) is 23.1 Å². The molecule has 1 N–H and O–H groups in total. The van der Waals surface area contributed by atoms with Gasteiger partial charge >= 0.3 is 11.9 Å². The summed E-state index contributed by atoms with van der Waals surface area (Å²) in [4.78, 5) is 22.0. The Bertz CT molecular complexity index is 249. The van der Waals surface area contributed by atoms with Crippen molar-refractivity contribution in [1.82, 2.24) is 0 Å². The summed E-state index contributed by atoms with van der Waals surface area (Å²) >= 11 is 0. The molecule has 80 valence electrons. The van der Waals surface area contributed by atoms with Crippen molar-refractivity contribution in [1.29, 1.82) is 0 Å². The smallest absolute Gasteiger partial charge is 0.309 e. The molecule has 4 nitrogen and oxygen atoms in total. The molecule has 1 aliphatic rings. The molecule has 4 heteroatoms. The molecule has 1 heterocycles. The number of carbonyl (C=O) groups is 2. The first-order valence-corrected chi connectivity index (χ1v) is 4.86. The molecule has 0 bridgehead atoms. The highest BCUT2D eigenvalue weighted by atomic mass is 16.5. The molecule has 0 aromatic rings. The molecule has 4 atom stereocenters. The predicted molar refractivity (Wildman–Crippen MR) is 49.6 cm³/mol. The normalized spacial score (nSPS) is 34.8. The Hall–Kier alpha value is -1.06. The van der Waals surface area contributed by atoms with E-state index in [0.29, 0.717) is 6.42 Å². The second kappa shape index (κ2) is 3.98. The number of esters is 1. The van der Waals surface area contributed by atoms with E-state index >= 15 is 0 Å². The molecule has 14 heavy (non-hydrogen) atoms. The van der Waals surface area contributed by atoms with Gasteiger partial charge in [-0.1, -0.05) is 13.8 Å². The van der Waals surface area contributed by atoms with Gasteiger partial charge in [0.15, 0.2) is 0 Å². The van der Waals surface area contributed by atoms with E-state index in [0.717, 1.165) is 0 Å². The van der Waals surface area contributed by atoms with E-state index in [9.17, 15) is 9.59 Å². The molecule has 1 aliphatic heterocycles. The highest BCUT2D eigenvalue weighted by Crippen LogP contribution is 2.29. The molecular formula is C10H16O4. The van der Waals surface area contributed by atoms with Crippen LogP contribution in [-0.2, 0) is 14.3 Å². The molecule has 1 rings (SSSR count). The second-order valence-electron chi connectivity index (χ2n) is 4.14. The van der Waals surface area contributed by atoms with Crippen LogP contribution in [0, 0.1) is 17.8 Å². The maximum atomic E-state index is 11.3. The summed E-state index contributed by atoms with van der Waals surface area (Å²) in [6.45, 7) is 5.31. The third-order valence-corrected chi connectivity index (χ3v) is 2.82. The fourth-order valence-electron chi connectivity index (χ4n) is 1.89. The summed E-state index contributed by atoms with van der Waals surface area (Å²) in [5.74, 6) is -1.80. The molecular weight excluding hydrogens is 184 g/mol. The van der Waals surface area contributed by atoms with E-state index in [1.54, 1.807) is 13.8 Å². The van der Waals surface area contributed by atoms with Gasteiger partial charge < -0.3 is 9.84 Å². The fraction of sp³-hybridized carbons (Fsp3) is 0.800. The van der Waals surface area contributed by atoms with Crippen LogP contribution in [0.5, 0.6) is 0 Å². The summed E-state index contributed by atoms with van der Waals surface area (Å²) in [5.41, 5.74) is 0. The lowest BCUT2D eigenvalue weighted by Crippen LogP contribution is -2.42. The van der Waals surface area contributed by atoms with Crippen LogP contribution < -0.4 is 0 Å². The summed E-state index contributed by atoms with van der Waals surface area (Å²) in [6, 6.07) is 0. The van der Waals surface area contributed by atoms with E-state index in [4.69, 9.17) is 9.84 Å². The molecule has 1 unspecified atom stereocenters. The summed E-state index contributed by atoms with van der Waals surface area (Å²) < 4.78 is 5.11. The summed E-state index contributed by atoms with van der Waals surface area (Å²) in [6.07, 6.45) is 0.234. The van der Waals surface area contributed by atoms with Crippen LogP contribution in [0.25, 0.3) is 0 Å². The van der Waals surface area contributed by atoms with E-state index in [1.165, 1.54) is 0 Å². The van der Waals surface area contributed by atoms with E-state index in [2.05, 4.69) is 0 Å². The topological polar surface area (TPSA) is 63.6 Å². The second-order valence-corrected chi connectivity index (χ2v) is 4.14. The number of rotatable bonds is 2. The average Bonchev–Trinajstić information content (AvgIpc) is 2.10. The minimum absolute atomic E-state index is 0.109. The third-order valence-electron chi connectivity index (χ3n) is 2.82. The number of hydrogen-bond acceptors (Lipinski definition) is 3. The van der Waals surface area contributed by atoms with Crippen molar-refractivity contribution in [3.05, 3.63) is 0 Å². The van der Waals surface area contributed by atoms with Crippen LogP contribution >= 0.6 is 0 Å². The van der Waals surface area contributed by atoms with E-state index in [-0.39, 0.29) is 17.8 Å². The lowest BCUT2D eigenvalue weighted by atomic mass is 9.84. The van der Waals surface area contributed by atoms with E-state index < -0.39 is 18.0 Å². The monoisotopic (exact) mass is 200 g/mol. The van der Waals surface area contributed by atoms with Gasteiger partial charge in [-0.15, -0.1) is 0 Å². The van der Waals surface area contributed by atoms with Gasteiger partial charge in [0.2, 0.25) is 0 Å². The zero-order chi connectivity index (χ0) is 10.9.